The standard InChI is InChI=1S/C41H50O2/c1-40(2,3)35-26-30(22-28-16-10-7-11-17-28)24-33(38(35)42)37(32-20-14-9-15-21-32)34-25-31(23-29-18-12-8-13-19-29)27-36(39(34)43)41(4,5)6/h7-8,10-13,16-19,24-27,32,37,42-43H,9,14-15,20-23H2,1-6H3. The minimum Gasteiger partial charge on any atom is -0.507 e. The maximum absolute atomic E-state index is 12.1. The molecule has 0 unspecified atom stereocenters. The second-order valence-electron chi connectivity index (χ2n) is 14.9. The van der Waals surface area contributed by atoms with E-state index in [0.717, 1.165) is 47.9 Å². The van der Waals surface area contributed by atoms with Crippen molar-refractivity contribution in [2.75, 3.05) is 0 Å². The molecule has 0 atom stereocenters. The number of phenolic OH excluding ortho intramolecular Hbond substituents is 2. The molecule has 0 heterocycles. The smallest absolute Gasteiger partial charge is 0.123 e. The Hall–Kier alpha value is -3.52. The highest BCUT2D eigenvalue weighted by molar-refractivity contribution is 5.57. The van der Waals surface area contributed by atoms with E-state index in [1.165, 1.54) is 41.5 Å². The summed E-state index contributed by atoms with van der Waals surface area (Å²) in [5.41, 5.74) is 8.38. The summed E-state index contributed by atoms with van der Waals surface area (Å²) in [4.78, 5) is 0. The lowest BCUT2D eigenvalue weighted by Crippen LogP contribution is -2.22. The van der Waals surface area contributed by atoms with Crippen molar-refractivity contribution in [1.29, 1.82) is 0 Å². The summed E-state index contributed by atoms with van der Waals surface area (Å²) >= 11 is 0. The minimum absolute atomic E-state index is 0.0889. The highest BCUT2D eigenvalue weighted by atomic mass is 16.3. The summed E-state index contributed by atoms with van der Waals surface area (Å²) in [6.45, 7) is 13.1. The van der Waals surface area contributed by atoms with E-state index in [1.54, 1.807) is 0 Å². The van der Waals surface area contributed by atoms with Crippen molar-refractivity contribution in [2.45, 2.75) is 103 Å². The third-order valence-corrected chi connectivity index (χ3v) is 9.31. The number of benzene rings is 4. The molecule has 0 saturated heterocycles. The van der Waals surface area contributed by atoms with Crippen molar-refractivity contribution in [2.24, 2.45) is 5.92 Å². The topological polar surface area (TPSA) is 40.5 Å². The highest BCUT2D eigenvalue weighted by Crippen LogP contribution is 2.50. The first kappa shape index (κ1) is 30.9. The van der Waals surface area contributed by atoms with Gasteiger partial charge in [-0.05, 0) is 75.8 Å². The molecule has 5 rings (SSSR count). The quantitative estimate of drug-likeness (QED) is 0.230. The van der Waals surface area contributed by atoms with E-state index < -0.39 is 0 Å². The molecular weight excluding hydrogens is 524 g/mol. The van der Waals surface area contributed by atoms with Gasteiger partial charge in [0.15, 0.2) is 0 Å². The Balaban J connectivity index is 1.74. The fourth-order valence-electron chi connectivity index (χ4n) is 7.07. The Labute approximate surface area is 259 Å². The largest absolute Gasteiger partial charge is 0.507 e. The molecule has 4 aromatic carbocycles. The fraction of sp³-hybridized carbons (Fsp3) is 0.415. The van der Waals surface area contributed by atoms with E-state index in [2.05, 4.69) is 126 Å². The fourth-order valence-corrected chi connectivity index (χ4v) is 7.07. The molecule has 2 heteroatoms. The van der Waals surface area contributed by atoms with Gasteiger partial charge in [-0.25, -0.2) is 0 Å². The average molecular weight is 575 g/mol. The molecule has 2 N–H and O–H groups in total. The maximum atomic E-state index is 12.1. The van der Waals surface area contributed by atoms with Gasteiger partial charge in [0, 0.05) is 17.0 Å². The van der Waals surface area contributed by atoms with Gasteiger partial charge < -0.3 is 10.2 Å². The van der Waals surface area contributed by atoms with Crippen LogP contribution >= 0.6 is 0 Å². The van der Waals surface area contributed by atoms with Gasteiger partial charge in [-0.1, -0.05) is 146 Å². The first-order valence-electron chi connectivity index (χ1n) is 16.2. The van der Waals surface area contributed by atoms with Crippen molar-refractivity contribution >= 4 is 0 Å². The van der Waals surface area contributed by atoms with Crippen LogP contribution in [0.1, 0.15) is 124 Å². The van der Waals surface area contributed by atoms with Crippen molar-refractivity contribution in [3.05, 3.63) is 129 Å². The summed E-state index contributed by atoms with van der Waals surface area (Å²) in [5, 5.41) is 24.2. The van der Waals surface area contributed by atoms with Gasteiger partial charge in [0.1, 0.15) is 11.5 Å². The van der Waals surface area contributed by atoms with Gasteiger partial charge in [0.05, 0.1) is 0 Å². The molecule has 1 aliphatic carbocycles. The van der Waals surface area contributed by atoms with Crippen LogP contribution in [-0.4, -0.2) is 10.2 Å². The van der Waals surface area contributed by atoms with Crippen molar-refractivity contribution < 1.29 is 10.2 Å². The second kappa shape index (κ2) is 12.6. The van der Waals surface area contributed by atoms with Gasteiger partial charge >= 0.3 is 0 Å². The maximum Gasteiger partial charge on any atom is 0.123 e. The van der Waals surface area contributed by atoms with Crippen LogP contribution in [0.4, 0.5) is 0 Å². The van der Waals surface area contributed by atoms with E-state index >= 15 is 0 Å². The van der Waals surface area contributed by atoms with Gasteiger partial charge in [-0.3, -0.25) is 0 Å². The Morgan fingerprint density at radius 2 is 0.953 bits per heavy atom. The molecule has 0 aromatic heterocycles. The molecule has 43 heavy (non-hydrogen) atoms. The molecule has 0 amide bonds. The van der Waals surface area contributed by atoms with E-state index in [0.29, 0.717) is 17.4 Å². The molecule has 4 aromatic rings. The normalized spacial score (nSPS) is 14.8. The summed E-state index contributed by atoms with van der Waals surface area (Å²) in [6, 6.07) is 30.1. The Morgan fingerprint density at radius 1 is 0.558 bits per heavy atom. The number of hydrogen-bond donors (Lipinski definition) is 2. The van der Waals surface area contributed by atoms with Crippen molar-refractivity contribution in [1.82, 2.24) is 0 Å². The zero-order valence-corrected chi connectivity index (χ0v) is 27.1. The molecule has 2 nitrogen and oxygen atoms in total. The molecule has 1 fully saturated rings. The summed E-state index contributed by atoms with van der Waals surface area (Å²) in [5.74, 6) is 1.05. The number of aromatic hydroxyl groups is 2. The summed E-state index contributed by atoms with van der Waals surface area (Å²) in [7, 11) is 0. The SMILES string of the molecule is CC(C)(C)c1cc(Cc2ccccc2)cc(C(c2cc(Cc3ccccc3)cc(C(C)(C)C)c2O)C2CCCCC2)c1O. The van der Waals surface area contributed by atoms with Crippen molar-refractivity contribution in [3.8, 4) is 11.5 Å². The predicted molar refractivity (Wildman–Crippen MR) is 181 cm³/mol. The second-order valence-corrected chi connectivity index (χ2v) is 14.9. The van der Waals surface area contributed by atoms with Crippen LogP contribution in [-0.2, 0) is 23.7 Å². The van der Waals surface area contributed by atoms with Gasteiger partial charge in [-0.2, -0.15) is 0 Å². The van der Waals surface area contributed by atoms with E-state index in [-0.39, 0.29) is 16.7 Å². The monoisotopic (exact) mass is 574 g/mol. The average Bonchev–Trinajstić information content (AvgIpc) is 2.96. The highest BCUT2D eigenvalue weighted by Gasteiger charge is 2.35. The predicted octanol–water partition coefficient (Wildman–Crippen LogP) is 10.6. The summed E-state index contributed by atoms with van der Waals surface area (Å²) < 4.78 is 0. The van der Waals surface area contributed by atoms with Crippen LogP contribution in [0, 0.1) is 5.92 Å². The lowest BCUT2D eigenvalue weighted by molar-refractivity contribution is 0.314. The number of phenols is 2. The lowest BCUT2D eigenvalue weighted by atomic mass is 9.70. The number of rotatable bonds is 7. The van der Waals surface area contributed by atoms with Crippen LogP contribution in [0.15, 0.2) is 84.9 Å². The van der Waals surface area contributed by atoms with Crippen LogP contribution in [0.25, 0.3) is 0 Å². The molecule has 0 bridgehead atoms. The molecular formula is C41H50O2. The lowest BCUT2D eigenvalue weighted by Gasteiger charge is -2.35. The third kappa shape index (κ3) is 7.18. The number of hydrogen-bond acceptors (Lipinski definition) is 2. The third-order valence-electron chi connectivity index (χ3n) is 9.31. The zero-order chi connectivity index (χ0) is 30.8. The Kier molecular flexibility index (Phi) is 9.07. The van der Waals surface area contributed by atoms with Crippen LogP contribution in [0.5, 0.6) is 11.5 Å². The minimum atomic E-state index is -0.226. The van der Waals surface area contributed by atoms with Gasteiger partial charge in [0.2, 0.25) is 0 Å². The first-order valence-corrected chi connectivity index (χ1v) is 16.2. The van der Waals surface area contributed by atoms with Gasteiger partial charge in [-0.15, -0.1) is 0 Å². The van der Waals surface area contributed by atoms with Gasteiger partial charge in [0.25, 0.3) is 0 Å². The summed E-state index contributed by atoms with van der Waals surface area (Å²) in [6.07, 6.45) is 7.45. The zero-order valence-electron chi connectivity index (χ0n) is 27.1. The molecule has 1 aliphatic rings. The van der Waals surface area contributed by atoms with Crippen LogP contribution in [0.2, 0.25) is 0 Å². The molecule has 226 valence electrons. The molecule has 1 saturated carbocycles. The Morgan fingerprint density at radius 3 is 1.33 bits per heavy atom. The Bertz CT molecular complexity index is 1410. The van der Waals surface area contributed by atoms with Crippen LogP contribution in [0.3, 0.4) is 0 Å². The van der Waals surface area contributed by atoms with Crippen molar-refractivity contribution in [3.63, 3.8) is 0 Å². The molecule has 0 aliphatic heterocycles. The first-order chi connectivity index (χ1) is 20.4. The van der Waals surface area contributed by atoms with Crippen LogP contribution < -0.4 is 0 Å². The molecule has 0 radical (unpaired) electrons. The van der Waals surface area contributed by atoms with E-state index in [1.807, 2.05) is 0 Å². The molecule has 0 spiro atoms. The van der Waals surface area contributed by atoms with E-state index in [9.17, 15) is 10.2 Å². The van der Waals surface area contributed by atoms with E-state index in [4.69, 9.17) is 0 Å².